The summed E-state index contributed by atoms with van der Waals surface area (Å²) in [4.78, 5) is 29.9. The van der Waals surface area contributed by atoms with E-state index >= 15 is 0 Å². The molecule has 132 valence electrons. The summed E-state index contributed by atoms with van der Waals surface area (Å²) < 4.78 is 5.24. The maximum absolute atomic E-state index is 12.6. The smallest absolute Gasteiger partial charge is 0.321 e. The number of anilines is 1. The number of amides is 3. The van der Waals surface area contributed by atoms with Crippen molar-refractivity contribution in [2.75, 3.05) is 18.4 Å². The third-order valence-electron chi connectivity index (χ3n) is 4.36. The number of hydrogen-bond acceptors (Lipinski definition) is 5. The molecule has 1 aliphatic heterocycles. The first-order valence-corrected chi connectivity index (χ1v) is 8.20. The highest BCUT2D eigenvalue weighted by atomic mass is 16.5. The summed E-state index contributed by atoms with van der Waals surface area (Å²) in [7, 11) is 0. The molecule has 1 unspecified atom stereocenters. The van der Waals surface area contributed by atoms with E-state index in [1.807, 2.05) is 6.92 Å². The van der Waals surface area contributed by atoms with Gasteiger partial charge in [0.25, 0.3) is 0 Å². The molecule has 0 spiro atoms. The summed E-state index contributed by atoms with van der Waals surface area (Å²) in [6, 6.07) is 4.78. The Hall–Kier alpha value is -2.90. The number of nitrogens with zero attached hydrogens (tertiary/aromatic N) is 3. The van der Waals surface area contributed by atoms with E-state index in [9.17, 15) is 9.59 Å². The lowest BCUT2D eigenvalue weighted by atomic mass is 9.98. The van der Waals surface area contributed by atoms with Crippen LogP contribution < -0.4 is 11.1 Å². The summed E-state index contributed by atoms with van der Waals surface area (Å²) in [6.07, 6.45) is 1.77. The van der Waals surface area contributed by atoms with E-state index < -0.39 is 5.91 Å². The van der Waals surface area contributed by atoms with E-state index in [1.54, 1.807) is 30.0 Å². The van der Waals surface area contributed by atoms with Gasteiger partial charge in [-0.3, -0.25) is 4.79 Å². The third-order valence-corrected chi connectivity index (χ3v) is 4.36. The van der Waals surface area contributed by atoms with Crippen LogP contribution >= 0.6 is 0 Å². The number of likely N-dealkylation sites (tertiary alicyclic amines) is 1. The van der Waals surface area contributed by atoms with Crippen molar-refractivity contribution >= 4 is 17.6 Å². The van der Waals surface area contributed by atoms with Gasteiger partial charge >= 0.3 is 6.03 Å². The molecule has 1 atom stereocenters. The largest absolute Gasteiger partial charge is 0.366 e. The summed E-state index contributed by atoms with van der Waals surface area (Å²) in [5.74, 6) is 0.677. The number of nitrogens with one attached hydrogen (secondary N) is 1. The van der Waals surface area contributed by atoms with Gasteiger partial charge in [-0.1, -0.05) is 11.2 Å². The van der Waals surface area contributed by atoms with Gasteiger partial charge in [-0.15, -0.1) is 0 Å². The molecule has 1 aromatic carbocycles. The van der Waals surface area contributed by atoms with Gasteiger partial charge in [0, 0.05) is 24.3 Å². The number of benzene rings is 1. The second-order valence-corrected chi connectivity index (χ2v) is 6.29. The van der Waals surface area contributed by atoms with E-state index in [2.05, 4.69) is 15.5 Å². The SMILES string of the molecule is Cc1noc(C2CCCN(C(=O)Nc3cc(C(N)=O)ccc3C)C2)n1. The molecule has 2 aromatic rings. The maximum Gasteiger partial charge on any atom is 0.321 e. The first-order chi connectivity index (χ1) is 11.9. The lowest BCUT2D eigenvalue weighted by Crippen LogP contribution is -2.41. The molecule has 8 heteroatoms. The van der Waals surface area contributed by atoms with E-state index in [0.29, 0.717) is 36.1 Å². The third kappa shape index (κ3) is 3.78. The Morgan fingerprint density at radius 1 is 1.36 bits per heavy atom. The van der Waals surface area contributed by atoms with Crippen LogP contribution in [0.3, 0.4) is 0 Å². The van der Waals surface area contributed by atoms with E-state index in [4.69, 9.17) is 10.3 Å². The van der Waals surface area contributed by atoms with Crippen molar-refractivity contribution < 1.29 is 14.1 Å². The number of hydrogen-bond donors (Lipinski definition) is 2. The van der Waals surface area contributed by atoms with E-state index in [0.717, 1.165) is 18.4 Å². The van der Waals surface area contributed by atoms with E-state index in [1.165, 1.54) is 0 Å². The lowest BCUT2D eigenvalue weighted by molar-refractivity contribution is 0.1000. The zero-order chi connectivity index (χ0) is 18.0. The number of aromatic nitrogens is 2. The zero-order valence-corrected chi connectivity index (χ0v) is 14.3. The van der Waals surface area contributed by atoms with Gasteiger partial charge in [0.05, 0.1) is 5.92 Å². The quantitative estimate of drug-likeness (QED) is 0.886. The van der Waals surface area contributed by atoms with Crippen molar-refractivity contribution in [2.45, 2.75) is 32.6 Å². The molecule has 0 aliphatic carbocycles. The fourth-order valence-electron chi connectivity index (χ4n) is 2.95. The Bertz CT molecular complexity index is 801. The molecule has 0 bridgehead atoms. The van der Waals surface area contributed by atoms with Crippen molar-refractivity contribution in [3.05, 3.63) is 41.0 Å². The number of urea groups is 1. The summed E-state index contributed by atoms with van der Waals surface area (Å²) in [5.41, 5.74) is 7.11. The molecular weight excluding hydrogens is 322 g/mol. The Balaban J connectivity index is 1.70. The maximum atomic E-state index is 12.6. The summed E-state index contributed by atoms with van der Waals surface area (Å²) >= 11 is 0. The summed E-state index contributed by atoms with van der Waals surface area (Å²) in [5, 5.41) is 6.68. The minimum Gasteiger partial charge on any atom is -0.366 e. The number of rotatable bonds is 3. The second kappa shape index (κ2) is 6.92. The van der Waals surface area contributed by atoms with Crippen LogP contribution in [-0.4, -0.2) is 40.1 Å². The minimum absolute atomic E-state index is 0.0405. The normalized spacial score (nSPS) is 17.4. The fourth-order valence-corrected chi connectivity index (χ4v) is 2.95. The van der Waals surface area contributed by atoms with Gasteiger partial charge in [-0.05, 0) is 44.4 Å². The van der Waals surface area contributed by atoms with Gasteiger partial charge < -0.3 is 20.5 Å². The highest BCUT2D eigenvalue weighted by Gasteiger charge is 2.28. The Morgan fingerprint density at radius 3 is 2.84 bits per heavy atom. The van der Waals surface area contributed by atoms with Crippen LogP contribution in [0.1, 0.15) is 46.4 Å². The van der Waals surface area contributed by atoms with Gasteiger partial charge in [-0.25, -0.2) is 4.79 Å². The molecular formula is C17H21N5O3. The predicted molar refractivity (Wildman–Crippen MR) is 91.3 cm³/mol. The number of aryl methyl sites for hydroxylation is 2. The molecule has 25 heavy (non-hydrogen) atoms. The molecule has 8 nitrogen and oxygen atoms in total. The molecule has 3 N–H and O–H groups in total. The van der Waals surface area contributed by atoms with Crippen molar-refractivity contribution in [1.82, 2.24) is 15.0 Å². The van der Waals surface area contributed by atoms with Crippen LogP contribution in [0.25, 0.3) is 0 Å². The van der Waals surface area contributed by atoms with Crippen LogP contribution in [0, 0.1) is 13.8 Å². The standard InChI is InChI=1S/C17H21N5O3/c1-10-5-6-12(15(18)23)8-14(10)20-17(24)22-7-3-4-13(9-22)16-19-11(2)21-25-16/h5-6,8,13H,3-4,7,9H2,1-2H3,(H2,18,23)(H,20,24). The monoisotopic (exact) mass is 343 g/mol. The lowest BCUT2D eigenvalue weighted by Gasteiger charge is -2.31. The van der Waals surface area contributed by atoms with Crippen LogP contribution in [0.2, 0.25) is 0 Å². The molecule has 1 aromatic heterocycles. The van der Waals surface area contributed by atoms with Gasteiger partial charge in [0.2, 0.25) is 11.8 Å². The Kier molecular flexibility index (Phi) is 4.69. The molecule has 2 heterocycles. The first-order valence-electron chi connectivity index (χ1n) is 8.20. The highest BCUT2D eigenvalue weighted by molar-refractivity contribution is 5.96. The molecule has 1 saturated heterocycles. The van der Waals surface area contributed by atoms with Crippen molar-refractivity contribution in [2.24, 2.45) is 5.73 Å². The number of carbonyl (C=O) groups excluding carboxylic acids is 2. The minimum atomic E-state index is -0.528. The molecule has 1 aliphatic rings. The van der Waals surface area contributed by atoms with Crippen LogP contribution in [0.15, 0.2) is 22.7 Å². The van der Waals surface area contributed by atoms with Gasteiger partial charge in [0.15, 0.2) is 5.82 Å². The van der Waals surface area contributed by atoms with E-state index in [-0.39, 0.29) is 11.9 Å². The highest BCUT2D eigenvalue weighted by Crippen LogP contribution is 2.26. The molecule has 1 fully saturated rings. The topological polar surface area (TPSA) is 114 Å². The van der Waals surface area contributed by atoms with Gasteiger partial charge in [0.1, 0.15) is 0 Å². The number of carbonyl (C=O) groups is 2. The van der Waals surface area contributed by atoms with Crippen LogP contribution in [0.4, 0.5) is 10.5 Å². The number of piperidine rings is 1. The number of nitrogens with two attached hydrogens (primary N) is 1. The van der Waals surface area contributed by atoms with Crippen molar-refractivity contribution in [3.8, 4) is 0 Å². The van der Waals surface area contributed by atoms with Crippen LogP contribution in [-0.2, 0) is 0 Å². The fraction of sp³-hybridized carbons (Fsp3) is 0.412. The molecule has 3 amide bonds. The average molecular weight is 343 g/mol. The van der Waals surface area contributed by atoms with Crippen molar-refractivity contribution in [3.63, 3.8) is 0 Å². The van der Waals surface area contributed by atoms with Gasteiger partial charge in [-0.2, -0.15) is 4.98 Å². The predicted octanol–water partition coefficient (Wildman–Crippen LogP) is 2.20. The Labute approximate surface area is 145 Å². The Morgan fingerprint density at radius 2 is 2.16 bits per heavy atom. The zero-order valence-electron chi connectivity index (χ0n) is 14.3. The first kappa shape index (κ1) is 16.9. The molecule has 3 rings (SSSR count). The van der Waals surface area contributed by atoms with Crippen molar-refractivity contribution in [1.29, 1.82) is 0 Å². The average Bonchev–Trinajstić information content (AvgIpc) is 3.03. The van der Waals surface area contributed by atoms with Crippen LogP contribution in [0.5, 0.6) is 0 Å². The molecule has 0 radical (unpaired) electrons. The number of primary amides is 1. The summed E-state index contributed by atoms with van der Waals surface area (Å²) in [6.45, 7) is 4.81. The second-order valence-electron chi connectivity index (χ2n) is 6.29. The molecule has 0 saturated carbocycles.